The van der Waals surface area contributed by atoms with E-state index in [1.165, 1.54) is 7.11 Å². The van der Waals surface area contributed by atoms with Gasteiger partial charge in [-0.1, -0.05) is 0 Å². The third-order valence-corrected chi connectivity index (χ3v) is 3.02. The van der Waals surface area contributed by atoms with E-state index in [2.05, 4.69) is 10.2 Å². The van der Waals surface area contributed by atoms with Gasteiger partial charge in [-0.05, 0) is 12.1 Å². The van der Waals surface area contributed by atoms with Crippen molar-refractivity contribution in [1.29, 1.82) is 0 Å². The molecule has 1 atom stereocenters. The van der Waals surface area contributed by atoms with Crippen molar-refractivity contribution in [1.82, 2.24) is 10.2 Å². The highest BCUT2D eigenvalue weighted by Gasteiger charge is 2.27. The summed E-state index contributed by atoms with van der Waals surface area (Å²) in [6, 6.07) is 3.62. The molecule has 94 valence electrons. The highest BCUT2D eigenvalue weighted by atomic mass is 16.5. The summed E-state index contributed by atoms with van der Waals surface area (Å²) in [6.07, 6.45) is 1.59. The second kappa shape index (κ2) is 5.84. The smallest absolute Gasteiger partial charge is 0.317 e. The molecule has 0 aliphatic carbocycles. The molecule has 1 aromatic heterocycles. The van der Waals surface area contributed by atoms with Gasteiger partial charge in [0.05, 0.1) is 13.4 Å². The minimum Gasteiger partial charge on any atom is -0.468 e. The number of furan rings is 1. The Kier molecular flexibility index (Phi) is 4.17. The Balaban J connectivity index is 2.02. The molecule has 1 aliphatic heterocycles. The monoisotopic (exact) mass is 238 g/mol. The van der Waals surface area contributed by atoms with Crippen LogP contribution in [-0.2, 0) is 9.53 Å². The molecule has 1 unspecified atom stereocenters. The number of esters is 1. The third-order valence-electron chi connectivity index (χ3n) is 3.02. The highest BCUT2D eigenvalue weighted by molar-refractivity contribution is 5.77. The number of carbonyl (C=O) groups is 1. The zero-order chi connectivity index (χ0) is 12.1. The maximum atomic E-state index is 11.8. The van der Waals surface area contributed by atoms with Gasteiger partial charge in [-0.3, -0.25) is 9.69 Å². The molecule has 0 radical (unpaired) electrons. The molecule has 0 bridgehead atoms. The molecule has 1 N–H and O–H groups in total. The fourth-order valence-corrected chi connectivity index (χ4v) is 2.06. The molecule has 1 fully saturated rings. The lowest BCUT2D eigenvalue weighted by molar-refractivity contribution is -0.143. The lowest BCUT2D eigenvalue weighted by Crippen LogP contribution is -2.45. The van der Waals surface area contributed by atoms with Gasteiger partial charge in [-0.15, -0.1) is 0 Å². The molecule has 5 nitrogen and oxygen atoms in total. The Morgan fingerprint density at radius 1 is 1.59 bits per heavy atom. The topological polar surface area (TPSA) is 54.7 Å². The van der Waals surface area contributed by atoms with Crippen LogP contribution in [0.5, 0.6) is 0 Å². The van der Waals surface area contributed by atoms with Gasteiger partial charge in [0, 0.05) is 32.7 Å². The van der Waals surface area contributed by atoms with Gasteiger partial charge in [0.15, 0.2) is 0 Å². The number of rotatable bonds is 4. The van der Waals surface area contributed by atoms with Gasteiger partial charge in [0.25, 0.3) is 0 Å². The molecule has 5 heteroatoms. The summed E-state index contributed by atoms with van der Waals surface area (Å²) in [6.45, 7) is 4.49. The predicted molar refractivity (Wildman–Crippen MR) is 62.8 cm³/mol. The molecule has 1 aromatic rings. The summed E-state index contributed by atoms with van der Waals surface area (Å²) in [4.78, 5) is 14.0. The lowest BCUT2D eigenvalue weighted by Gasteiger charge is -2.29. The van der Waals surface area contributed by atoms with Crippen LogP contribution in [-0.4, -0.2) is 50.7 Å². The van der Waals surface area contributed by atoms with Gasteiger partial charge < -0.3 is 14.5 Å². The number of piperazine rings is 1. The minimum atomic E-state index is -0.326. The molecular formula is C12H18N2O3. The van der Waals surface area contributed by atoms with E-state index in [1.54, 1.807) is 12.3 Å². The fraction of sp³-hybridized carbons (Fsp3) is 0.583. The van der Waals surface area contributed by atoms with E-state index in [1.807, 2.05) is 6.07 Å². The molecule has 0 amide bonds. The summed E-state index contributed by atoms with van der Waals surface area (Å²) in [5.74, 6) is 0.113. The van der Waals surface area contributed by atoms with Crippen LogP contribution in [0.2, 0.25) is 0 Å². The van der Waals surface area contributed by atoms with Crippen LogP contribution in [0.3, 0.4) is 0 Å². The highest BCUT2D eigenvalue weighted by Crippen LogP contribution is 2.19. The average molecular weight is 238 g/mol. The van der Waals surface area contributed by atoms with Crippen molar-refractivity contribution in [3.05, 3.63) is 24.2 Å². The van der Waals surface area contributed by atoms with Crippen LogP contribution < -0.4 is 5.32 Å². The van der Waals surface area contributed by atoms with Crippen molar-refractivity contribution >= 4 is 5.97 Å². The molecule has 2 heterocycles. The van der Waals surface area contributed by atoms with Crippen molar-refractivity contribution in [3.8, 4) is 0 Å². The molecule has 17 heavy (non-hydrogen) atoms. The van der Waals surface area contributed by atoms with E-state index in [4.69, 9.17) is 9.15 Å². The van der Waals surface area contributed by atoms with Gasteiger partial charge >= 0.3 is 5.97 Å². The minimum absolute atomic E-state index is 0.238. The number of nitrogens with one attached hydrogen (secondary N) is 1. The first-order valence-electron chi connectivity index (χ1n) is 5.85. The number of hydrogen-bond donors (Lipinski definition) is 1. The molecule has 1 saturated heterocycles. The van der Waals surface area contributed by atoms with Crippen molar-refractivity contribution in [2.45, 2.75) is 5.92 Å². The van der Waals surface area contributed by atoms with Crippen LogP contribution >= 0.6 is 0 Å². The number of hydrogen-bond acceptors (Lipinski definition) is 5. The van der Waals surface area contributed by atoms with Crippen LogP contribution in [0.1, 0.15) is 11.7 Å². The van der Waals surface area contributed by atoms with Crippen LogP contribution in [0, 0.1) is 0 Å². The Bertz CT molecular complexity index is 345. The van der Waals surface area contributed by atoms with Crippen molar-refractivity contribution in [2.24, 2.45) is 0 Å². The fourth-order valence-electron chi connectivity index (χ4n) is 2.06. The Labute approximate surface area is 101 Å². The second-order valence-corrected chi connectivity index (χ2v) is 4.14. The maximum absolute atomic E-state index is 11.8. The summed E-state index contributed by atoms with van der Waals surface area (Å²) in [7, 11) is 1.41. The normalized spacial score (nSPS) is 18.9. The zero-order valence-corrected chi connectivity index (χ0v) is 10.0. The maximum Gasteiger partial charge on any atom is 0.317 e. The summed E-state index contributed by atoms with van der Waals surface area (Å²) in [5, 5.41) is 3.28. The number of nitrogens with zero attached hydrogens (tertiary/aromatic N) is 1. The molecule has 0 saturated carbocycles. The van der Waals surface area contributed by atoms with E-state index in [0.717, 1.165) is 26.2 Å². The van der Waals surface area contributed by atoms with Gasteiger partial charge in [0.1, 0.15) is 11.7 Å². The molecule has 1 aliphatic rings. The average Bonchev–Trinajstić information content (AvgIpc) is 2.90. The predicted octanol–water partition coefficient (Wildman–Crippen LogP) is 0.441. The Morgan fingerprint density at radius 3 is 2.94 bits per heavy atom. The lowest BCUT2D eigenvalue weighted by atomic mass is 10.1. The van der Waals surface area contributed by atoms with Gasteiger partial charge in [0.2, 0.25) is 0 Å². The SMILES string of the molecule is COC(=O)C(CN1CCNCC1)c1ccco1. The first kappa shape index (κ1) is 12.1. The van der Waals surface area contributed by atoms with E-state index in [0.29, 0.717) is 12.3 Å². The second-order valence-electron chi connectivity index (χ2n) is 4.14. The molecule has 0 spiro atoms. The van der Waals surface area contributed by atoms with Crippen LogP contribution in [0.25, 0.3) is 0 Å². The van der Waals surface area contributed by atoms with E-state index in [9.17, 15) is 4.79 Å². The van der Waals surface area contributed by atoms with E-state index in [-0.39, 0.29) is 11.9 Å². The quantitative estimate of drug-likeness (QED) is 0.771. The summed E-state index contributed by atoms with van der Waals surface area (Å²) >= 11 is 0. The van der Waals surface area contributed by atoms with Crippen LogP contribution in [0.15, 0.2) is 22.8 Å². The Hall–Kier alpha value is -1.33. The first-order chi connectivity index (χ1) is 8.31. The molecular weight excluding hydrogens is 220 g/mol. The van der Waals surface area contributed by atoms with Crippen molar-refractivity contribution in [2.75, 3.05) is 39.8 Å². The number of ether oxygens (including phenoxy) is 1. The largest absolute Gasteiger partial charge is 0.468 e. The van der Waals surface area contributed by atoms with E-state index < -0.39 is 0 Å². The van der Waals surface area contributed by atoms with Crippen LogP contribution in [0.4, 0.5) is 0 Å². The van der Waals surface area contributed by atoms with Crippen molar-refractivity contribution < 1.29 is 13.9 Å². The van der Waals surface area contributed by atoms with E-state index >= 15 is 0 Å². The molecule has 0 aromatic carbocycles. The number of methoxy groups -OCH3 is 1. The van der Waals surface area contributed by atoms with Gasteiger partial charge in [-0.25, -0.2) is 0 Å². The van der Waals surface area contributed by atoms with Crippen molar-refractivity contribution in [3.63, 3.8) is 0 Å². The summed E-state index contributed by atoms with van der Waals surface area (Å²) in [5.41, 5.74) is 0. The first-order valence-corrected chi connectivity index (χ1v) is 5.85. The zero-order valence-electron chi connectivity index (χ0n) is 10.0. The third kappa shape index (κ3) is 3.08. The standard InChI is InChI=1S/C12H18N2O3/c1-16-12(15)10(11-3-2-8-17-11)9-14-6-4-13-5-7-14/h2-3,8,10,13H,4-7,9H2,1H3. The number of carbonyl (C=O) groups excluding carboxylic acids is 1. The molecule has 2 rings (SSSR count). The summed E-state index contributed by atoms with van der Waals surface area (Å²) < 4.78 is 10.2. The Morgan fingerprint density at radius 2 is 2.35 bits per heavy atom. The van der Waals surface area contributed by atoms with Gasteiger partial charge in [-0.2, -0.15) is 0 Å².